The molecular weight excluding hydrogens is 492 g/mol. The number of ether oxygens (including phenoxy) is 1. The predicted molar refractivity (Wildman–Crippen MR) is 149 cm³/mol. The van der Waals surface area contributed by atoms with Gasteiger partial charge in [-0.15, -0.1) is 0 Å². The average Bonchev–Trinajstić information content (AvgIpc) is 2.96. The van der Waals surface area contributed by atoms with E-state index in [1.807, 2.05) is 50.2 Å². The molecule has 8 heteroatoms. The third-order valence-corrected chi connectivity index (χ3v) is 6.59. The average molecular weight is 523 g/mol. The predicted octanol–water partition coefficient (Wildman–Crippen LogP) is 4.94. The minimum Gasteiger partial charge on any atom is -0.469 e. The molecule has 0 spiro atoms. The van der Waals surface area contributed by atoms with Crippen molar-refractivity contribution in [2.45, 2.75) is 38.8 Å². The van der Waals surface area contributed by atoms with Gasteiger partial charge in [-0.1, -0.05) is 62.4 Å². The van der Waals surface area contributed by atoms with E-state index in [4.69, 9.17) is 4.74 Å². The number of esters is 1. The maximum Gasteiger partial charge on any atom is 0.307 e. The summed E-state index contributed by atoms with van der Waals surface area (Å²) in [6, 6.07) is 22.2. The van der Waals surface area contributed by atoms with Gasteiger partial charge in [0.2, 0.25) is 5.91 Å². The number of hydrogen-bond acceptors (Lipinski definition) is 6. The normalized spacial score (nSPS) is 12.5. The van der Waals surface area contributed by atoms with E-state index in [2.05, 4.69) is 16.4 Å². The lowest BCUT2D eigenvalue weighted by Crippen LogP contribution is -2.40. The molecule has 0 aliphatic rings. The minimum absolute atomic E-state index is 0.101. The van der Waals surface area contributed by atoms with E-state index in [0.29, 0.717) is 28.5 Å². The number of para-hydroxylation sites is 1. The second kappa shape index (κ2) is 12.2. The first-order valence-electron chi connectivity index (χ1n) is 12.7. The van der Waals surface area contributed by atoms with Crippen LogP contribution in [0.2, 0.25) is 0 Å². The van der Waals surface area contributed by atoms with Crippen LogP contribution in [0.15, 0.2) is 83.9 Å². The second-order valence-electron chi connectivity index (χ2n) is 9.74. The van der Waals surface area contributed by atoms with Crippen LogP contribution in [-0.4, -0.2) is 28.5 Å². The van der Waals surface area contributed by atoms with Crippen LogP contribution in [0.4, 0.5) is 0 Å². The highest BCUT2D eigenvalue weighted by Gasteiger charge is 2.28. The lowest BCUT2D eigenvalue weighted by molar-refractivity contribution is -0.141. The van der Waals surface area contributed by atoms with Crippen molar-refractivity contribution in [1.29, 1.82) is 5.26 Å². The number of carbonyl (C=O) groups excluding carboxylic acids is 2. The molecule has 1 heterocycles. The van der Waals surface area contributed by atoms with Crippen molar-refractivity contribution in [2.75, 3.05) is 7.11 Å². The third kappa shape index (κ3) is 6.21. The number of fused-ring (bicyclic) bond motifs is 1. The van der Waals surface area contributed by atoms with E-state index in [9.17, 15) is 19.6 Å². The van der Waals surface area contributed by atoms with Gasteiger partial charge in [0.05, 0.1) is 48.4 Å². The van der Waals surface area contributed by atoms with E-state index < -0.39 is 24.0 Å². The summed E-state index contributed by atoms with van der Waals surface area (Å²) < 4.78 is 6.28. The first-order chi connectivity index (χ1) is 18.8. The van der Waals surface area contributed by atoms with Crippen molar-refractivity contribution in [3.05, 3.63) is 101 Å². The molecule has 0 saturated carbocycles. The van der Waals surface area contributed by atoms with Gasteiger partial charge in [0.1, 0.15) is 6.04 Å². The lowest BCUT2D eigenvalue weighted by atomic mass is 9.95. The Hall–Kier alpha value is -4.77. The van der Waals surface area contributed by atoms with Crippen LogP contribution in [0.3, 0.4) is 0 Å². The van der Waals surface area contributed by atoms with Crippen LogP contribution in [0.5, 0.6) is 0 Å². The Labute approximate surface area is 226 Å². The molecular formula is C31H30N4O4. The van der Waals surface area contributed by atoms with Gasteiger partial charge in [-0.05, 0) is 53.3 Å². The highest BCUT2D eigenvalue weighted by Crippen LogP contribution is 2.28. The van der Waals surface area contributed by atoms with Crippen molar-refractivity contribution < 1.29 is 14.3 Å². The van der Waals surface area contributed by atoms with Crippen molar-refractivity contribution in [1.82, 2.24) is 14.9 Å². The zero-order chi connectivity index (χ0) is 27.9. The molecule has 0 aliphatic carbocycles. The smallest absolute Gasteiger partial charge is 0.307 e. The van der Waals surface area contributed by atoms with Crippen LogP contribution in [-0.2, 0) is 14.3 Å². The molecule has 1 aromatic heterocycles. The summed E-state index contributed by atoms with van der Waals surface area (Å²) in [5, 5.41) is 13.0. The molecule has 4 rings (SSSR count). The topological polar surface area (TPSA) is 114 Å². The molecule has 0 bridgehead atoms. The zero-order valence-electron chi connectivity index (χ0n) is 22.1. The van der Waals surface area contributed by atoms with Gasteiger partial charge in [0.15, 0.2) is 0 Å². The minimum atomic E-state index is -0.836. The number of amides is 1. The van der Waals surface area contributed by atoms with Gasteiger partial charge >= 0.3 is 5.97 Å². The number of benzene rings is 3. The molecule has 3 aromatic carbocycles. The summed E-state index contributed by atoms with van der Waals surface area (Å²) in [4.78, 5) is 43.9. The maximum absolute atomic E-state index is 13.8. The number of nitrogens with zero attached hydrogens (tertiary/aromatic N) is 3. The summed E-state index contributed by atoms with van der Waals surface area (Å²) in [7, 11) is 1.29. The maximum atomic E-state index is 13.8. The van der Waals surface area contributed by atoms with E-state index in [1.54, 1.807) is 36.4 Å². The fraction of sp³-hybridized carbons (Fsp3) is 0.258. The summed E-state index contributed by atoms with van der Waals surface area (Å²) in [6.45, 7) is 3.95. The van der Waals surface area contributed by atoms with E-state index >= 15 is 0 Å². The van der Waals surface area contributed by atoms with Gasteiger partial charge in [-0.25, -0.2) is 4.98 Å². The van der Waals surface area contributed by atoms with Crippen LogP contribution in [0, 0.1) is 17.2 Å². The lowest BCUT2D eigenvalue weighted by Gasteiger charge is -2.25. The van der Waals surface area contributed by atoms with Crippen LogP contribution in [0.1, 0.15) is 49.9 Å². The molecule has 0 aliphatic heterocycles. The van der Waals surface area contributed by atoms with Crippen LogP contribution < -0.4 is 10.9 Å². The van der Waals surface area contributed by atoms with Crippen molar-refractivity contribution in [3.8, 4) is 17.2 Å². The first-order valence-corrected chi connectivity index (χ1v) is 12.7. The molecule has 1 amide bonds. The van der Waals surface area contributed by atoms with Gasteiger partial charge in [0, 0.05) is 0 Å². The molecule has 8 nitrogen and oxygen atoms in total. The van der Waals surface area contributed by atoms with E-state index in [0.717, 1.165) is 11.1 Å². The monoisotopic (exact) mass is 522 g/mol. The molecule has 0 saturated heterocycles. The van der Waals surface area contributed by atoms with Crippen molar-refractivity contribution in [2.24, 2.45) is 5.92 Å². The van der Waals surface area contributed by atoms with Gasteiger partial charge in [-0.3, -0.25) is 19.0 Å². The number of rotatable bonds is 9. The number of nitrogens with one attached hydrogen (secondary N) is 1. The molecule has 0 fully saturated rings. The Balaban J connectivity index is 1.72. The standard InChI is InChI=1S/C31H30N4O4/c1-20(2)15-28(35-19-33-26-14-7-6-13-25(26)31(35)38)30(37)34-27(17-29(36)39-3)22-11-8-10-21(16-22)24-12-5-4-9-23(24)18-32/h4-14,16,19-20,27-28H,15,17H2,1-3H3,(H,34,37)/t27-,28-/m0/s1. The fourth-order valence-corrected chi connectivity index (χ4v) is 4.62. The van der Waals surface area contributed by atoms with Crippen LogP contribution in [0.25, 0.3) is 22.0 Å². The highest BCUT2D eigenvalue weighted by atomic mass is 16.5. The second-order valence-corrected chi connectivity index (χ2v) is 9.74. The summed E-state index contributed by atoms with van der Waals surface area (Å²) in [5.74, 6) is -0.795. The largest absolute Gasteiger partial charge is 0.469 e. The molecule has 4 aromatic rings. The number of hydrogen-bond donors (Lipinski definition) is 1. The molecule has 198 valence electrons. The summed E-state index contributed by atoms with van der Waals surface area (Å²) in [6.07, 6.45) is 1.70. The molecule has 0 unspecified atom stereocenters. The number of nitriles is 1. The quantitative estimate of drug-likeness (QED) is 0.311. The van der Waals surface area contributed by atoms with Crippen molar-refractivity contribution in [3.63, 3.8) is 0 Å². The van der Waals surface area contributed by atoms with Crippen LogP contribution >= 0.6 is 0 Å². The van der Waals surface area contributed by atoms with E-state index in [-0.39, 0.29) is 17.9 Å². The Morgan fingerprint density at radius 2 is 1.79 bits per heavy atom. The molecule has 39 heavy (non-hydrogen) atoms. The fourth-order valence-electron chi connectivity index (χ4n) is 4.62. The third-order valence-electron chi connectivity index (χ3n) is 6.59. The Kier molecular flexibility index (Phi) is 8.52. The Bertz CT molecular complexity index is 1600. The first kappa shape index (κ1) is 27.3. The van der Waals surface area contributed by atoms with Gasteiger partial charge in [0.25, 0.3) is 5.56 Å². The summed E-state index contributed by atoms with van der Waals surface area (Å²) >= 11 is 0. The molecule has 0 radical (unpaired) electrons. The van der Waals surface area contributed by atoms with Gasteiger partial charge in [-0.2, -0.15) is 5.26 Å². The number of methoxy groups -OCH3 is 1. The number of carbonyl (C=O) groups is 2. The Morgan fingerprint density at radius 3 is 2.54 bits per heavy atom. The SMILES string of the molecule is COC(=O)C[C@H](NC(=O)[C@H](CC(C)C)n1cnc2ccccc2c1=O)c1cccc(-c2ccccc2C#N)c1. The van der Waals surface area contributed by atoms with Gasteiger partial charge < -0.3 is 10.1 Å². The zero-order valence-corrected chi connectivity index (χ0v) is 22.1. The Morgan fingerprint density at radius 1 is 1.05 bits per heavy atom. The van der Waals surface area contributed by atoms with Crippen molar-refractivity contribution >= 4 is 22.8 Å². The molecule has 1 N–H and O–H groups in total. The molecule has 2 atom stereocenters. The highest BCUT2D eigenvalue weighted by molar-refractivity contribution is 5.83. The summed E-state index contributed by atoms with van der Waals surface area (Å²) in [5.41, 5.74) is 2.97. The van der Waals surface area contributed by atoms with E-state index in [1.165, 1.54) is 18.0 Å². The number of aromatic nitrogens is 2.